The van der Waals surface area contributed by atoms with Gasteiger partial charge in [-0.15, -0.1) is 10.2 Å². The van der Waals surface area contributed by atoms with Gasteiger partial charge in [0.2, 0.25) is 0 Å². The van der Waals surface area contributed by atoms with Gasteiger partial charge in [0, 0.05) is 12.4 Å². The lowest BCUT2D eigenvalue weighted by Crippen LogP contribution is -2.11. The third-order valence-corrected chi connectivity index (χ3v) is 5.07. The molecule has 2 N–H and O–H groups in total. The van der Waals surface area contributed by atoms with E-state index in [-0.39, 0.29) is 5.91 Å². The van der Waals surface area contributed by atoms with Gasteiger partial charge < -0.3 is 10.6 Å². The average molecular weight is 412 g/mol. The number of hydrogen-bond donors (Lipinski definition) is 2. The minimum absolute atomic E-state index is 0.275. The number of anilines is 3. The van der Waals surface area contributed by atoms with E-state index in [1.165, 1.54) is 17.5 Å². The van der Waals surface area contributed by atoms with E-state index in [1.54, 1.807) is 41.5 Å². The summed E-state index contributed by atoms with van der Waals surface area (Å²) < 4.78 is 1.75. The highest BCUT2D eigenvalue weighted by Crippen LogP contribution is 2.27. The molecule has 3 aromatic heterocycles. The Morgan fingerprint density at radius 1 is 1.21 bits per heavy atom. The molecule has 0 fully saturated rings. The first-order valence-corrected chi connectivity index (χ1v) is 9.41. The minimum atomic E-state index is -0.275. The summed E-state index contributed by atoms with van der Waals surface area (Å²) >= 11 is 7.37. The molecule has 140 valence electrons. The summed E-state index contributed by atoms with van der Waals surface area (Å²) in [7, 11) is 0. The van der Waals surface area contributed by atoms with Gasteiger partial charge in [0.25, 0.3) is 5.91 Å². The maximum atomic E-state index is 12.5. The fourth-order valence-corrected chi connectivity index (χ4v) is 3.42. The number of carbonyl (C=O) groups is 1. The number of imidazole rings is 1. The second-order valence-corrected chi connectivity index (χ2v) is 7.23. The van der Waals surface area contributed by atoms with Gasteiger partial charge in [-0.05, 0) is 30.7 Å². The van der Waals surface area contributed by atoms with E-state index in [4.69, 9.17) is 11.6 Å². The van der Waals surface area contributed by atoms with Crippen LogP contribution in [-0.4, -0.2) is 30.6 Å². The number of halogens is 1. The zero-order valence-electron chi connectivity index (χ0n) is 14.6. The van der Waals surface area contributed by atoms with E-state index in [2.05, 4.69) is 30.8 Å². The number of aryl methyl sites for hydroxylation is 1. The number of hydrogen-bond acceptors (Lipinski definition) is 7. The van der Waals surface area contributed by atoms with E-state index in [0.29, 0.717) is 32.4 Å². The van der Waals surface area contributed by atoms with Crippen molar-refractivity contribution in [1.82, 2.24) is 24.7 Å². The van der Waals surface area contributed by atoms with Crippen LogP contribution in [-0.2, 0) is 0 Å². The third kappa shape index (κ3) is 3.85. The van der Waals surface area contributed by atoms with Crippen molar-refractivity contribution in [2.45, 2.75) is 6.92 Å². The molecule has 0 spiro atoms. The summed E-state index contributed by atoms with van der Waals surface area (Å²) in [5, 5.41) is 15.1. The van der Waals surface area contributed by atoms with E-state index < -0.39 is 0 Å². The smallest absolute Gasteiger partial charge is 0.267 e. The van der Waals surface area contributed by atoms with Gasteiger partial charge >= 0.3 is 0 Å². The van der Waals surface area contributed by atoms with Crippen molar-refractivity contribution in [3.05, 3.63) is 70.7 Å². The lowest BCUT2D eigenvalue weighted by Gasteiger charge is -2.08. The zero-order valence-corrected chi connectivity index (χ0v) is 16.2. The van der Waals surface area contributed by atoms with Crippen LogP contribution in [0.25, 0.3) is 5.82 Å². The highest BCUT2D eigenvalue weighted by Gasteiger charge is 2.14. The Bertz CT molecular complexity index is 1090. The van der Waals surface area contributed by atoms with Gasteiger partial charge in [0.15, 0.2) is 16.8 Å². The number of amides is 1. The molecule has 0 saturated carbocycles. The Kier molecular flexibility index (Phi) is 5.00. The van der Waals surface area contributed by atoms with Crippen molar-refractivity contribution < 1.29 is 4.79 Å². The SMILES string of the molecule is Cc1cccc(Cl)c1NC(=O)c1cnc(Nc2ccc(-n3ccnc3)nn2)s1. The Morgan fingerprint density at radius 3 is 2.82 bits per heavy atom. The van der Waals surface area contributed by atoms with Crippen molar-refractivity contribution in [3.8, 4) is 5.82 Å². The quantitative estimate of drug-likeness (QED) is 0.513. The molecule has 10 heteroatoms. The summed E-state index contributed by atoms with van der Waals surface area (Å²) in [6.45, 7) is 1.88. The summed E-state index contributed by atoms with van der Waals surface area (Å²) in [6, 6.07) is 9.03. The second-order valence-electron chi connectivity index (χ2n) is 5.79. The Balaban J connectivity index is 1.45. The second kappa shape index (κ2) is 7.75. The number of nitrogens with zero attached hydrogens (tertiary/aromatic N) is 5. The molecular formula is C18H14ClN7OS. The molecule has 28 heavy (non-hydrogen) atoms. The summed E-state index contributed by atoms with van der Waals surface area (Å²) in [4.78, 5) is 21.1. The molecule has 4 aromatic rings. The van der Waals surface area contributed by atoms with Crippen molar-refractivity contribution in [2.24, 2.45) is 0 Å². The molecule has 0 saturated heterocycles. The fraction of sp³-hybridized carbons (Fsp3) is 0.0556. The Labute approximate surface area is 169 Å². The van der Waals surface area contributed by atoms with E-state index in [1.807, 2.05) is 19.1 Å². The maximum absolute atomic E-state index is 12.5. The molecule has 0 aliphatic heterocycles. The van der Waals surface area contributed by atoms with Gasteiger partial charge in [-0.1, -0.05) is 35.1 Å². The predicted molar refractivity (Wildman–Crippen MR) is 109 cm³/mol. The molecule has 4 rings (SSSR count). The molecule has 1 amide bonds. The summed E-state index contributed by atoms with van der Waals surface area (Å²) in [5.74, 6) is 0.896. The molecular weight excluding hydrogens is 398 g/mol. The van der Waals surface area contributed by atoms with E-state index in [9.17, 15) is 4.79 Å². The molecule has 0 unspecified atom stereocenters. The largest absolute Gasteiger partial charge is 0.320 e. The average Bonchev–Trinajstić information content (AvgIpc) is 3.38. The molecule has 0 radical (unpaired) electrons. The molecule has 0 aliphatic rings. The summed E-state index contributed by atoms with van der Waals surface area (Å²) in [5.41, 5.74) is 1.48. The number of para-hydroxylation sites is 1. The van der Waals surface area contributed by atoms with E-state index >= 15 is 0 Å². The first kappa shape index (κ1) is 18.1. The first-order chi connectivity index (χ1) is 13.6. The maximum Gasteiger partial charge on any atom is 0.267 e. The molecule has 0 bridgehead atoms. The van der Waals surface area contributed by atoms with E-state index in [0.717, 1.165) is 5.56 Å². The standard InChI is InChI=1S/C18H14ClN7OS/c1-11-3-2-4-12(19)16(11)23-17(27)13-9-21-18(28-13)22-14-5-6-15(25-24-14)26-8-7-20-10-26/h2-10H,1H3,(H,23,27)(H,21,22,24). The van der Waals surface area contributed by atoms with Crippen LogP contribution >= 0.6 is 22.9 Å². The third-order valence-electron chi connectivity index (χ3n) is 3.84. The first-order valence-electron chi connectivity index (χ1n) is 8.21. The van der Waals surface area contributed by atoms with Crippen molar-refractivity contribution in [3.63, 3.8) is 0 Å². The lowest BCUT2D eigenvalue weighted by atomic mass is 10.2. The number of benzene rings is 1. The van der Waals surface area contributed by atoms with Gasteiger partial charge in [-0.2, -0.15) is 0 Å². The van der Waals surface area contributed by atoms with Crippen LogP contribution in [0.4, 0.5) is 16.6 Å². The molecule has 1 aromatic carbocycles. The number of carbonyl (C=O) groups excluding carboxylic acids is 1. The normalized spacial score (nSPS) is 10.6. The monoisotopic (exact) mass is 411 g/mol. The Hall–Kier alpha value is -3.30. The van der Waals surface area contributed by atoms with Crippen molar-refractivity contribution in [2.75, 3.05) is 10.6 Å². The van der Waals surface area contributed by atoms with Crippen LogP contribution in [0.3, 0.4) is 0 Å². The lowest BCUT2D eigenvalue weighted by molar-refractivity contribution is 0.103. The number of nitrogens with one attached hydrogen (secondary N) is 2. The minimum Gasteiger partial charge on any atom is -0.320 e. The zero-order chi connectivity index (χ0) is 19.5. The number of thiazole rings is 1. The van der Waals surface area contributed by atoms with Gasteiger partial charge in [0.1, 0.15) is 11.2 Å². The predicted octanol–water partition coefficient (Wildman–Crippen LogP) is 4.08. The fourth-order valence-electron chi connectivity index (χ4n) is 2.44. The molecule has 3 heterocycles. The van der Waals surface area contributed by atoms with Crippen LogP contribution in [0.1, 0.15) is 15.2 Å². The van der Waals surface area contributed by atoms with Gasteiger partial charge in [0.05, 0.1) is 16.9 Å². The molecule has 0 atom stereocenters. The summed E-state index contributed by atoms with van der Waals surface area (Å²) in [6.07, 6.45) is 6.59. The van der Waals surface area contributed by atoms with Gasteiger partial charge in [-0.3, -0.25) is 9.36 Å². The highest BCUT2D eigenvalue weighted by molar-refractivity contribution is 7.17. The van der Waals surface area contributed by atoms with Gasteiger partial charge in [-0.25, -0.2) is 9.97 Å². The molecule has 8 nitrogen and oxygen atoms in total. The topological polar surface area (TPSA) is 97.6 Å². The highest BCUT2D eigenvalue weighted by atomic mass is 35.5. The van der Waals surface area contributed by atoms with Crippen LogP contribution < -0.4 is 10.6 Å². The van der Waals surface area contributed by atoms with Crippen molar-refractivity contribution in [1.29, 1.82) is 0 Å². The van der Waals surface area contributed by atoms with Crippen LogP contribution in [0.15, 0.2) is 55.2 Å². The van der Waals surface area contributed by atoms with Crippen molar-refractivity contribution >= 4 is 45.5 Å². The van der Waals surface area contributed by atoms with Crippen LogP contribution in [0, 0.1) is 6.92 Å². The number of rotatable bonds is 5. The van der Waals surface area contributed by atoms with Crippen LogP contribution in [0.2, 0.25) is 5.02 Å². The van der Waals surface area contributed by atoms with Crippen LogP contribution in [0.5, 0.6) is 0 Å². The number of aromatic nitrogens is 5. The molecule has 0 aliphatic carbocycles. The Morgan fingerprint density at radius 2 is 2.11 bits per heavy atom.